The fourth-order valence-corrected chi connectivity index (χ4v) is 1.32. The Morgan fingerprint density at radius 1 is 1.13 bits per heavy atom. The van der Waals surface area contributed by atoms with Gasteiger partial charge in [0.15, 0.2) is 5.96 Å². The molecule has 0 aromatic heterocycles. The van der Waals surface area contributed by atoms with Crippen LogP contribution in [0.4, 0.5) is 0 Å². The lowest BCUT2D eigenvalue weighted by atomic mass is 10.1. The molecule has 0 fully saturated rings. The summed E-state index contributed by atoms with van der Waals surface area (Å²) in [5.74, 6) is 1.06. The summed E-state index contributed by atoms with van der Waals surface area (Å²) in [6.45, 7) is 10.0. The lowest BCUT2D eigenvalue weighted by Crippen LogP contribution is -2.37. The van der Waals surface area contributed by atoms with Crippen LogP contribution in [0.3, 0.4) is 0 Å². The highest BCUT2D eigenvalue weighted by Gasteiger charge is 2.12. The Kier molecular flexibility index (Phi) is 5.74. The van der Waals surface area contributed by atoms with Gasteiger partial charge >= 0.3 is 0 Å². The average Bonchev–Trinajstić information content (AvgIpc) is 1.99. The molecule has 0 bridgehead atoms. The molecule has 0 unspecified atom stereocenters. The Labute approximate surface area is 92.0 Å². The van der Waals surface area contributed by atoms with Gasteiger partial charge in [-0.2, -0.15) is 4.99 Å². The Hall–Kier alpha value is -1.26. The van der Waals surface area contributed by atoms with E-state index in [1.54, 1.807) is 0 Å². The maximum Gasteiger partial charge on any atom is 0.221 e. The summed E-state index contributed by atoms with van der Waals surface area (Å²) in [7, 11) is 0. The average molecular weight is 213 g/mol. The number of hydrogen-bond acceptors (Lipinski definition) is 1. The Morgan fingerprint density at radius 2 is 1.53 bits per heavy atom. The highest BCUT2D eigenvalue weighted by molar-refractivity contribution is 5.91. The SMILES string of the molecule is CC(C)CN(CC(C)C)C(=N)N=C(N)N. The minimum absolute atomic E-state index is 0.0579. The van der Waals surface area contributed by atoms with Crippen LogP contribution in [-0.4, -0.2) is 29.9 Å². The van der Waals surface area contributed by atoms with E-state index in [9.17, 15) is 0 Å². The van der Waals surface area contributed by atoms with Gasteiger partial charge in [0.05, 0.1) is 0 Å². The molecule has 5 heteroatoms. The van der Waals surface area contributed by atoms with Crippen molar-refractivity contribution in [2.24, 2.45) is 28.3 Å². The number of guanidine groups is 2. The highest BCUT2D eigenvalue weighted by Crippen LogP contribution is 2.04. The van der Waals surface area contributed by atoms with Crippen LogP contribution >= 0.6 is 0 Å². The molecule has 0 heterocycles. The van der Waals surface area contributed by atoms with Gasteiger partial charge in [-0.25, -0.2) is 0 Å². The second kappa shape index (κ2) is 6.27. The van der Waals surface area contributed by atoms with Crippen molar-refractivity contribution in [1.29, 1.82) is 5.41 Å². The molecule has 15 heavy (non-hydrogen) atoms. The highest BCUT2D eigenvalue weighted by atomic mass is 15.3. The quantitative estimate of drug-likeness (QED) is 0.476. The summed E-state index contributed by atoms with van der Waals surface area (Å²) in [6, 6.07) is 0. The fraction of sp³-hybridized carbons (Fsp3) is 0.800. The lowest BCUT2D eigenvalue weighted by Gasteiger charge is -2.26. The van der Waals surface area contributed by atoms with Crippen molar-refractivity contribution in [3.05, 3.63) is 0 Å². The van der Waals surface area contributed by atoms with Gasteiger partial charge in [-0.1, -0.05) is 27.7 Å². The normalized spacial score (nSPS) is 10.5. The van der Waals surface area contributed by atoms with Crippen molar-refractivity contribution in [3.8, 4) is 0 Å². The largest absolute Gasteiger partial charge is 0.370 e. The third-order valence-electron chi connectivity index (χ3n) is 1.71. The Balaban J connectivity index is 4.47. The van der Waals surface area contributed by atoms with Gasteiger partial charge in [-0.05, 0) is 11.8 Å². The van der Waals surface area contributed by atoms with Gasteiger partial charge in [0.2, 0.25) is 5.96 Å². The van der Waals surface area contributed by atoms with Crippen LogP contribution in [0.15, 0.2) is 4.99 Å². The number of nitrogens with two attached hydrogens (primary N) is 2. The van der Waals surface area contributed by atoms with Crippen LogP contribution in [0.2, 0.25) is 0 Å². The van der Waals surface area contributed by atoms with E-state index in [0.717, 1.165) is 13.1 Å². The van der Waals surface area contributed by atoms with E-state index in [-0.39, 0.29) is 11.9 Å². The molecular formula is C10H23N5. The molecule has 5 N–H and O–H groups in total. The lowest BCUT2D eigenvalue weighted by molar-refractivity contribution is 0.323. The molecule has 0 spiro atoms. The summed E-state index contributed by atoms with van der Waals surface area (Å²) >= 11 is 0. The summed E-state index contributed by atoms with van der Waals surface area (Å²) in [5.41, 5.74) is 10.5. The Bertz CT molecular complexity index is 218. The van der Waals surface area contributed by atoms with Crippen molar-refractivity contribution in [2.75, 3.05) is 13.1 Å². The van der Waals surface area contributed by atoms with E-state index >= 15 is 0 Å². The van der Waals surface area contributed by atoms with Gasteiger partial charge in [0.25, 0.3) is 0 Å². The molecule has 5 nitrogen and oxygen atoms in total. The van der Waals surface area contributed by atoms with E-state index in [1.807, 2.05) is 4.90 Å². The predicted molar refractivity (Wildman–Crippen MR) is 64.8 cm³/mol. The monoisotopic (exact) mass is 213 g/mol. The van der Waals surface area contributed by atoms with Crippen molar-refractivity contribution in [2.45, 2.75) is 27.7 Å². The summed E-state index contributed by atoms with van der Waals surface area (Å²) < 4.78 is 0. The minimum Gasteiger partial charge on any atom is -0.370 e. The van der Waals surface area contributed by atoms with Crippen LogP contribution in [0, 0.1) is 17.2 Å². The third kappa shape index (κ3) is 6.76. The number of hydrogen-bond donors (Lipinski definition) is 3. The Morgan fingerprint density at radius 3 is 1.80 bits per heavy atom. The summed E-state index contributed by atoms with van der Waals surface area (Å²) in [5, 5.41) is 7.74. The number of rotatable bonds is 4. The molecule has 0 aliphatic carbocycles. The number of nitrogens with one attached hydrogen (secondary N) is 1. The maximum absolute atomic E-state index is 7.74. The van der Waals surface area contributed by atoms with Crippen LogP contribution in [0.1, 0.15) is 27.7 Å². The first-order valence-electron chi connectivity index (χ1n) is 5.26. The van der Waals surface area contributed by atoms with Gasteiger partial charge in [-0.15, -0.1) is 0 Å². The summed E-state index contributed by atoms with van der Waals surface area (Å²) in [4.78, 5) is 5.66. The number of nitrogens with zero attached hydrogens (tertiary/aromatic N) is 2. The molecular weight excluding hydrogens is 190 g/mol. The molecule has 0 amide bonds. The van der Waals surface area contributed by atoms with E-state index in [2.05, 4.69) is 32.7 Å². The van der Waals surface area contributed by atoms with Crippen LogP contribution in [0.5, 0.6) is 0 Å². The molecule has 0 aromatic rings. The van der Waals surface area contributed by atoms with Gasteiger partial charge < -0.3 is 16.4 Å². The molecule has 0 aliphatic rings. The molecule has 88 valence electrons. The summed E-state index contributed by atoms with van der Waals surface area (Å²) in [6.07, 6.45) is 0. The van der Waals surface area contributed by atoms with Crippen molar-refractivity contribution in [3.63, 3.8) is 0 Å². The standard InChI is InChI=1S/C10H23N5/c1-7(2)5-15(6-8(3)4)10(13)14-9(11)12/h7-8H,5-6H2,1-4H3,(H5,11,12,13,14). The fourth-order valence-electron chi connectivity index (χ4n) is 1.32. The van der Waals surface area contributed by atoms with E-state index < -0.39 is 0 Å². The zero-order chi connectivity index (χ0) is 12.0. The topological polar surface area (TPSA) is 91.5 Å². The smallest absolute Gasteiger partial charge is 0.221 e. The first kappa shape index (κ1) is 13.7. The van der Waals surface area contributed by atoms with Gasteiger partial charge in [0.1, 0.15) is 0 Å². The zero-order valence-corrected chi connectivity index (χ0v) is 10.1. The third-order valence-corrected chi connectivity index (χ3v) is 1.71. The molecule has 0 atom stereocenters. The second-order valence-corrected chi connectivity index (χ2v) is 4.55. The first-order chi connectivity index (χ1) is 6.82. The molecule has 0 saturated carbocycles. The van der Waals surface area contributed by atoms with E-state index in [0.29, 0.717) is 11.8 Å². The molecule has 0 rings (SSSR count). The van der Waals surface area contributed by atoms with Crippen LogP contribution in [0.25, 0.3) is 0 Å². The minimum atomic E-state index is -0.0579. The molecule has 0 aromatic carbocycles. The maximum atomic E-state index is 7.74. The molecule has 0 aliphatic heterocycles. The van der Waals surface area contributed by atoms with Crippen molar-refractivity contribution < 1.29 is 0 Å². The number of aliphatic imine (C=N–C) groups is 1. The van der Waals surface area contributed by atoms with E-state index in [1.165, 1.54) is 0 Å². The van der Waals surface area contributed by atoms with Crippen LogP contribution in [-0.2, 0) is 0 Å². The first-order valence-corrected chi connectivity index (χ1v) is 5.26. The van der Waals surface area contributed by atoms with Gasteiger partial charge in [0, 0.05) is 13.1 Å². The van der Waals surface area contributed by atoms with Crippen molar-refractivity contribution >= 4 is 11.9 Å². The second-order valence-electron chi connectivity index (χ2n) is 4.55. The van der Waals surface area contributed by atoms with Crippen molar-refractivity contribution in [1.82, 2.24) is 4.90 Å². The predicted octanol–water partition coefficient (Wildman–Crippen LogP) is 0.809. The molecule has 0 saturated heterocycles. The van der Waals surface area contributed by atoms with Crippen LogP contribution < -0.4 is 11.5 Å². The molecule has 0 radical (unpaired) electrons. The van der Waals surface area contributed by atoms with E-state index in [4.69, 9.17) is 16.9 Å². The zero-order valence-electron chi connectivity index (χ0n) is 10.1. The van der Waals surface area contributed by atoms with Gasteiger partial charge in [-0.3, -0.25) is 5.41 Å².